The monoisotopic (exact) mass is 239 g/mol. The highest BCUT2D eigenvalue weighted by Gasteiger charge is 2.51. The highest BCUT2D eigenvalue weighted by Crippen LogP contribution is 2.53. The summed E-state index contributed by atoms with van der Waals surface area (Å²) < 4.78 is 0. The van der Waals surface area contributed by atoms with Crippen LogP contribution in [0.3, 0.4) is 0 Å². The average Bonchev–Trinajstić information content (AvgIpc) is 3.01. The van der Waals surface area contributed by atoms with Crippen molar-refractivity contribution in [3.05, 3.63) is 47.5 Å². The van der Waals surface area contributed by atoms with E-state index in [4.69, 9.17) is 0 Å². The van der Waals surface area contributed by atoms with Gasteiger partial charge >= 0.3 is 0 Å². The molecule has 0 amide bonds. The molecule has 0 radical (unpaired) electrons. The minimum atomic E-state index is 0.383. The third-order valence-corrected chi connectivity index (χ3v) is 4.52. The SMILES string of the molecule is CNCC1(c2ccc3cc(C)ccc3c2)CC1C. The molecule has 0 spiro atoms. The van der Waals surface area contributed by atoms with E-state index in [2.05, 4.69) is 62.6 Å². The molecule has 1 heteroatoms. The van der Waals surface area contributed by atoms with Crippen LogP contribution in [-0.4, -0.2) is 13.6 Å². The van der Waals surface area contributed by atoms with Crippen LogP contribution >= 0.6 is 0 Å². The molecule has 1 aliphatic rings. The largest absolute Gasteiger partial charge is 0.319 e. The maximum absolute atomic E-state index is 3.36. The molecule has 0 bridgehead atoms. The Balaban J connectivity index is 2.06. The Morgan fingerprint density at radius 1 is 1.17 bits per heavy atom. The van der Waals surface area contributed by atoms with Gasteiger partial charge in [0.15, 0.2) is 0 Å². The Kier molecular flexibility index (Phi) is 2.67. The van der Waals surface area contributed by atoms with Crippen molar-refractivity contribution in [2.24, 2.45) is 5.92 Å². The van der Waals surface area contributed by atoms with Crippen molar-refractivity contribution < 1.29 is 0 Å². The van der Waals surface area contributed by atoms with Crippen LogP contribution < -0.4 is 5.32 Å². The lowest BCUT2D eigenvalue weighted by atomic mass is 9.91. The predicted octanol–water partition coefficient (Wildman–Crippen LogP) is 3.65. The van der Waals surface area contributed by atoms with E-state index in [-0.39, 0.29) is 0 Å². The van der Waals surface area contributed by atoms with E-state index in [9.17, 15) is 0 Å². The van der Waals surface area contributed by atoms with Crippen molar-refractivity contribution >= 4 is 10.8 Å². The third kappa shape index (κ3) is 1.74. The van der Waals surface area contributed by atoms with E-state index < -0.39 is 0 Å². The fourth-order valence-electron chi connectivity index (χ4n) is 3.23. The normalized spacial score (nSPS) is 26.5. The topological polar surface area (TPSA) is 12.0 Å². The van der Waals surface area contributed by atoms with Gasteiger partial charge in [-0.25, -0.2) is 0 Å². The molecule has 18 heavy (non-hydrogen) atoms. The summed E-state index contributed by atoms with van der Waals surface area (Å²) in [6.45, 7) is 5.60. The number of nitrogens with one attached hydrogen (secondary N) is 1. The maximum Gasteiger partial charge on any atom is 0.0107 e. The quantitative estimate of drug-likeness (QED) is 0.862. The van der Waals surface area contributed by atoms with Crippen LogP contribution in [0.4, 0.5) is 0 Å². The van der Waals surface area contributed by atoms with Gasteiger partial charge in [0.2, 0.25) is 0 Å². The van der Waals surface area contributed by atoms with Crippen LogP contribution in [0, 0.1) is 12.8 Å². The molecule has 2 aromatic carbocycles. The van der Waals surface area contributed by atoms with Crippen molar-refractivity contribution in [2.75, 3.05) is 13.6 Å². The van der Waals surface area contributed by atoms with Gasteiger partial charge in [-0.15, -0.1) is 0 Å². The zero-order valence-corrected chi connectivity index (χ0v) is 11.5. The molecule has 1 fully saturated rings. The number of benzene rings is 2. The first-order valence-electron chi connectivity index (χ1n) is 6.81. The lowest BCUT2D eigenvalue weighted by molar-refractivity contribution is 0.581. The summed E-state index contributed by atoms with van der Waals surface area (Å²) in [5, 5.41) is 6.08. The molecule has 1 saturated carbocycles. The second-order valence-corrected chi connectivity index (χ2v) is 5.86. The Labute approximate surface area is 109 Å². The van der Waals surface area contributed by atoms with Crippen LogP contribution in [-0.2, 0) is 5.41 Å². The molecule has 0 aromatic heterocycles. The summed E-state index contributed by atoms with van der Waals surface area (Å²) in [6.07, 6.45) is 1.31. The minimum absolute atomic E-state index is 0.383. The Hall–Kier alpha value is -1.34. The van der Waals surface area contributed by atoms with Gasteiger partial charge in [0.05, 0.1) is 0 Å². The molecule has 0 aliphatic heterocycles. The zero-order valence-electron chi connectivity index (χ0n) is 11.5. The second-order valence-electron chi connectivity index (χ2n) is 5.86. The van der Waals surface area contributed by atoms with Crippen LogP contribution in [0.2, 0.25) is 0 Å². The van der Waals surface area contributed by atoms with Gasteiger partial charge in [-0.1, -0.05) is 48.9 Å². The van der Waals surface area contributed by atoms with Crippen LogP contribution in [0.25, 0.3) is 10.8 Å². The lowest BCUT2D eigenvalue weighted by Gasteiger charge is -2.17. The first-order chi connectivity index (χ1) is 8.65. The van der Waals surface area contributed by atoms with Crippen molar-refractivity contribution in [3.8, 4) is 0 Å². The van der Waals surface area contributed by atoms with Crippen molar-refractivity contribution in [2.45, 2.75) is 25.7 Å². The molecule has 2 unspecified atom stereocenters. The van der Waals surface area contributed by atoms with E-state index in [1.54, 1.807) is 0 Å². The van der Waals surface area contributed by atoms with Gasteiger partial charge in [0.1, 0.15) is 0 Å². The summed E-state index contributed by atoms with van der Waals surface area (Å²) in [5.41, 5.74) is 3.22. The number of hydrogen-bond acceptors (Lipinski definition) is 1. The van der Waals surface area contributed by atoms with Crippen molar-refractivity contribution in [1.29, 1.82) is 0 Å². The predicted molar refractivity (Wildman–Crippen MR) is 78.1 cm³/mol. The van der Waals surface area contributed by atoms with Crippen LogP contribution in [0.1, 0.15) is 24.5 Å². The molecule has 1 N–H and O–H groups in total. The summed E-state index contributed by atoms with van der Waals surface area (Å²) in [6, 6.07) is 13.7. The van der Waals surface area contributed by atoms with E-state index in [1.807, 2.05) is 0 Å². The fourth-order valence-corrected chi connectivity index (χ4v) is 3.23. The van der Waals surface area contributed by atoms with Crippen molar-refractivity contribution in [3.63, 3.8) is 0 Å². The summed E-state index contributed by atoms with van der Waals surface area (Å²) in [7, 11) is 2.05. The first kappa shape index (κ1) is 11.7. The van der Waals surface area contributed by atoms with Crippen LogP contribution in [0.15, 0.2) is 36.4 Å². The molecule has 1 aliphatic carbocycles. The van der Waals surface area contributed by atoms with Crippen LogP contribution in [0.5, 0.6) is 0 Å². The summed E-state index contributed by atoms with van der Waals surface area (Å²) in [4.78, 5) is 0. The number of hydrogen-bond donors (Lipinski definition) is 1. The van der Waals surface area contributed by atoms with Gasteiger partial charge in [-0.05, 0) is 42.6 Å². The maximum atomic E-state index is 3.36. The molecular weight excluding hydrogens is 218 g/mol. The van der Waals surface area contributed by atoms with Gasteiger partial charge in [0, 0.05) is 12.0 Å². The molecular formula is C17H21N. The molecule has 3 rings (SSSR count). The number of likely N-dealkylation sites (N-methyl/N-ethyl adjacent to an activating group) is 1. The van der Waals surface area contributed by atoms with Crippen molar-refractivity contribution in [1.82, 2.24) is 5.32 Å². The van der Waals surface area contributed by atoms with E-state index in [1.165, 1.54) is 28.3 Å². The Morgan fingerprint density at radius 2 is 1.83 bits per heavy atom. The highest BCUT2D eigenvalue weighted by molar-refractivity contribution is 5.84. The first-order valence-corrected chi connectivity index (χ1v) is 6.81. The molecule has 0 saturated heterocycles. The van der Waals surface area contributed by atoms with Gasteiger partial charge in [0.25, 0.3) is 0 Å². The molecule has 2 atom stereocenters. The highest BCUT2D eigenvalue weighted by atomic mass is 14.9. The lowest BCUT2D eigenvalue weighted by Crippen LogP contribution is -2.25. The van der Waals surface area contributed by atoms with E-state index in [0.717, 1.165) is 12.5 Å². The Morgan fingerprint density at radius 3 is 2.50 bits per heavy atom. The molecule has 94 valence electrons. The number of aryl methyl sites for hydroxylation is 1. The fraction of sp³-hybridized carbons (Fsp3) is 0.412. The average molecular weight is 239 g/mol. The number of rotatable bonds is 3. The van der Waals surface area contributed by atoms with E-state index in [0.29, 0.717) is 5.41 Å². The third-order valence-electron chi connectivity index (χ3n) is 4.52. The summed E-state index contributed by atoms with van der Waals surface area (Å²) >= 11 is 0. The summed E-state index contributed by atoms with van der Waals surface area (Å²) in [5.74, 6) is 0.799. The standard InChI is InChI=1S/C17H21N/c1-12-4-5-15-9-16(7-6-14(15)8-12)17(11-18-3)10-13(17)2/h4-9,13,18H,10-11H2,1-3H3. The second kappa shape index (κ2) is 4.10. The van der Waals surface area contributed by atoms with Gasteiger partial charge in [-0.2, -0.15) is 0 Å². The molecule has 1 nitrogen and oxygen atoms in total. The van der Waals surface area contributed by atoms with Gasteiger partial charge in [-0.3, -0.25) is 0 Å². The molecule has 0 heterocycles. The Bertz CT molecular complexity index is 587. The molecule has 2 aromatic rings. The zero-order chi connectivity index (χ0) is 12.8. The smallest absolute Gasteiger partial charge is 0.0107 e. The van der Waals surface area contributed by atoms with E-state index >= 15 is 0 Å². The minimum Gasteiger partial charge on any atom is -0.319 e. The van der Waals surface area contributed by atoms with Gasteiger partial charge < -0.3 is 5.32 Å². The number of fused-ring (bicyclic) bond motifs is 1.